The van der Waals surface area contributed by atoms with Gasteiger partial charge in [0.25, 0.3) is 0 Å². The zero-order valence-corrected chi connectivity index (χ0v) is 9.45. The molecule has 1 N–H and O–H groups in total. The van der Waals surface area contributed by atoms with Crippen LogP contribution in [0.5, 0.6) is 0 Å². The van der Waals surface area contributed by atoms with Gasteiger partial charge in [-0.1, -0.05) is 13.8 Å². The predicted octanol–water partition coefficient (Wildman–Crippen LogP) is 1.74. The van der Waals surface area contributed by atoms with Crippen LogP contribution in [0, 0.1) is 17.8 Å². The average Bonchev–Trinajstić information content (AvgIpc) is 2.87. The Morgan fingerprint density at radius 2 is 2.00 bits per heavy atom. The molecule has 1 aliphatic heterocycles. The monoisotopic (exact) mass is 197 g/mol. The molecule has 2 atom stereocenters. The van der Waals surface area contributed by atoms with Crippen LogP contribution in [0.3, 0.4) is 0 Å². The SMILES string of the molecule is CC(C)[C@@H]1C[C@@H](O)CN(CC2CC2)C1. The van der Waals surface area contributed by atoms with Gasteiger partial charge in [0, 0.05) is 19.6 Å². The highest BCUT2D eigenvalue weighted by Gasteiger charge is 2.31. The minimum atomic E-state index is -0.0742. The zero-order valence-electron chi connectivity index (χ0n) is 9.45. The number of β-amino-alcohol motifs (C(OH)–C–C–N with tert-alkyl or cyclic N) is 1. The second kappa shape index (κ2) is 4.19. The Kier molecular flexibility index (Phi) is 3.13. The summed E-state index contributed by atoms with van der Waals surface area (Å²) < 4.78 is 0. The van der Waals surface area contributed by atoms with E-state index >= 15 is 0 Å². The Hall–Kier alpha value is -0.0800. The van der Waals surface area contributed by atoms with Gasteiger partial charge in [-0.3, -0.25) is 0 Å². The lowest BCUT2D eigenvalue weighted by Gasteiger charge is -2.37. The summed E-state index contributed by atoms with van der Waals surface area (Å²) in [5, 5.41) is 9.79. The second-order valence-corrected chi connectivity index (χ2v) is 5.56. The van der Waals surface area contributed by atoms with E-state index in [-0.39, 0.29) is 6.10 Å². The lowest BCUT2D eigenvalue weighted by Crippen LogP contribution is -2.45. The number of hydrogen-bond acceptors (Lipinski definition) is 2. The molecule has 1 saturated heterocycles. The molecule has 0 spiro atoms. The standard InChI is InChI=1S/C12H23NO/c1-9(2)11-5-12(14)8-13(7-11)6-10-3-4-10/h9-12,14H,3-8H2,1-2H3/t11-,12-/m1/s1. The van der Waals surface area contributed by atoms with Gasteiger partial charge in [0.1, 0.15) is 0 Å². The van der Waals surface area contributed by atoms with E-state index in [4.69, 9.17) is 0 Å². The molecule has 0 bridgehead atoms. The number of aliphatic hydroxyl groups is 1. The molecule has 1 heterocycles. The number of aliphatic hydroxyl groups excluding tert-OH is 1. The summed E-state index contributed by atoms with van der Waals surface area (Å²) >= 11 is 0. The normalized spacial score (nSPS) is 35.1. The van der Waals surface area contributed by atoms with Gasteiger partial charge in [-0.2, -0.15) is 0 Å². The fourth-order valence-electron chi connectivity index (χ4n) is 2.50. The van der Waals surface area contributed by atoms with Gasteiger partial charge in [-0.25, -0.2) is 0 Å². The summed E-state index contributed by atoms with van der Waals surface area (Å²) in [4.78, 5) is 2.48. The van der Waals surface area contributed by atoms with Gasteiger partial charge in [-0.15, -0.1) is 0 Å². The minimum absolute atomic E-state index is 0.0742. The van der Waals surface area contributed by atoms with Crippen LogP contribution < -0.4 is 0 Å². The Balaban J connectivity index is 1.84. The Morgan fingerprint density at radius 3 is 2.57 bits per heavy atom. The molecule has 0 radical (unpaired) electrons. The molecule has 2 heteroatoms. The van der Waals surface area contributed by atoms with Gasteiger partial charge in [0.05, 0.1) is 6.10 Å². The van der Waals surface area contributed by atoms with Crippen molar-refractivity contribution in [3.63, 3.8) is 0 Å². The molecule has 0 aromatic heterocycles. The van der Waals surface area contributed by atoms with Crippen molar-refractivity contribution in [3.05, 3.63) is 0 Å². The third kappa shape index (κ3) is 2.71. The highest BCUT2D eigenvalue weighted by atomic mass is 16.3. The topological polar surface area (TPSA) is 23.5 Å². The van der Waals surface area contributed by atoms with Gasteiger partial charge < -0.3 is 10.0 Å². The maximum Gasteiger partial charge on any atom is 0.0670 e. The predicted molar refractivity (Wildman–Crippen MR) is 58.1 cm³/mol. The summed E-state index contributed by atoms with van der Waals surface area (Å²) in [6.45, 7) is 7.92. The molecule has 2 fully saturated rings. The average molecular weight is 197 g/mol. The summed E-state index contributed by atoms with van der Waals surface area (Å²) in [5.74, 6) is 2.37. The van der Waals surface area contributed by atoms with Gasteiger partial charge in [0.15, 0.2) is 0 Å². The Labute approximate surface area is 87.3 Å². The van der Waals surface area contributed by atoms with Gasteiger partial charge in [-0.05, 0) is 37.0 Å². The molecule has 0 aromatic carbocycles. The smallest absolute Gasteiger partial charge is 0.0670 e. The van der Waals surface area contributed by atoms with Crippen LogP contribution in [-0.2, 0) is 0 Å². The van der Waals surface area contributed by atoms with Crippen LogP contribution in [0.1, 0.15) is 33.1 Å². The molecule has 2 aliphatic rings. The van der Waals surface area contributed by atoms with Crippen molar-refractivity contribution in [2.45, 2.75) is 39.2 Å². The van der Waals surface area contributed by atoms with Crippen molar-refractivity contribution < 1.29 is 5.11 Å². The summed E-state index contributed by atoms with van der Waals surface area (Å²) in [6, 6.07) is 0. The van der Waals surface area contributed by atoms with Crippen LogP contribution in [0.15, 0.2) is 0 Å². The summed E-state index contributed by atoms with van der Waals surface area (Å²) in [5.41, 5.74) is 0. The van der Waals surface area contributed by atoms with Gasteiger partial charge in [0.2, 0.25) is 0 Å². The van der Waals surface area contributed by atoms with E-state index in [2.05, 4.69) is 18.7 Å². The number of rotatable bonds is 3. The lowest BCUT2D eigenvalue weighted by molar-refractivity contribution is 0.0242. The zero-order chi connectivity index (χ0) is 10.1. The largest absolute Gasteiger partial charge is 0.392 e. The molecule has 0 aromatic rings. The molecule has 2 nitrogen and oxygen atoms in total. The van der Waals surface area contributed by atoms with Crippen LogP contribution in [-0.4, -0.2) is 35.7 Å². The van der Waals surface area contributed by atoms with E-state index in [1.54, 1.807) is 0 Å². The number of nitrogens with zero attached hydrogens (tertiary/aromatic N) is 1. The highest BCUT2D eigenvalue weighted by molar-refractivity contribution is 4.84. The maximum absolute atomic E-state index is 9.79. The second-order valence-electron chi connectivity index (χ2n) is 5.56. The van der Waals surface area contributed by atoms with Crippen LogP contribution in [0.4, 0.5) is 0 Å². The maximum atomic E-state index is 9.79. The first-order valence-electron chi connectivity index (χ1n) is 6.05. The summed E-state index contributed by atoms with van der Waals surface area (Å²) in [6.07, 6.45) is 3.77. The third-order valence-electron chi connectivity index (χ3n) is 3.69. The molecule has 0 unspecified atom stereocenters. The van der Waals surface area contributed by atoms with E-state index in [0.29, 0.717) is 11.8 Å². The van der Waals surface area contributed by atoms with Crippen molar-refractivity contribution in [2.75, 3.05) is 19.6 Å². The Morgan fingerprint density at radius 1 is 1.29 bits per heavy atom. The van der Waals surface area contributed by atoms with Crippen molar-refractivity contribution in [2.24, 2.45) is 17.8 Å². The quantitative estimate of drug-likeness (QED) is 0.745. The molecule has 1 aliphatic carbocycles. The van der Waals surface area contributed by atoms with E-state index in [1.807, 2.05) is 0 Å². The molecule has 0 amide bonds. The van der Waals surface area contributed by atoms with E-state index in [1.165, 1.54) is 25.9 Å². The molecule has 2 rings (SSSR count). The van der Waals surface area contributed by atoms with Gasteiger partial charge >= 0.3 is 0 Å². The van der Waals surface area contributed by atoms with Crippen LogP contribution >= 0.6 is 0 Å². The van der Waals surface area contributed by atoms with Crippen LogP contribution in [0.25, 0.3) is 0 Å². The lowest BCUT2D eigenvalue weighted by atomic mass is 9.86. The minimum Gasteiger partial charge on any atom is -0.392 e. The molecule has 1 saturated carbocycles. The molecular formula is C12H23NO. The summed E-state index contributed by atoms with van der Waals surface area (Å²) in [7, 11) is 0. The fraction of sp³-hybridized carbons (Fsp3) is 1.00. The number of likely N-dealkylation sites (tertiary alicyclic amines) is 1. The molecule has 14 heavy (non-hydrogen) atoms. The van der Waals surface area contributed by atoms with Crippen LogP contribution in [0.2, 0.25) is 0 Å². The van der Waals surface area contributed by atoms with E-state index in [0.717, 1.165) is 18.9 Å². The fourth-order valence-corrected chi connectivity index (χ4v) is 2.50. The number of hydrogen-bond donors (Lipinski definition) is 1. The van der Waals surface area contributed by atoms with Crippen molar-refractivity contribution in [3.8, 4) is 0 Å². The van der Waals surface area contributed by atoms with Crippen molar-refractivity contribution in [1.82, 2.24) is 4.90 Å². The van der Waals surface area contributed by atoms with Crippen molar-refractivity contribution in [1.29, 1.82) is 0 Å². The van der Waals surface area contributed by atoms with E-state index in [9.17, 15) is 5.11 Å². The first-order valence-corrected chi connectivity index (χ1v) is 6.05. The first-order chi connectivity index (χ1) is 6.65. The molecular weight excluding hydrogens is 174 g/mol. The highest BCUT2D eigenvalue weighted by Crippen LogP contribution is 2.32. The Bertz CT molecular complexity index is 187. The first kappa shape index (κ1) is 10.4. The van der Waals surface area contributed by atoms with Crippen molar-refractivity contribution >= 4 is 0 Å². The number of piperidine rings is 1. The van der Waals surface area contributed by atoms with E-state index < -0.39 is 0 Å². The third-order valence-corrected chi connectivity index (χ3v) is 3.69. The molecule has 82 valence electrons.